The molecular formula is C11H12O3. The molecular weight excluding hydrogens is 180 g/mol. The second-order valence-electron chi connectivity index (χ2n) is 3.72. The van der Waals surface area contributed by atoms with Gasteiger partial charge in [0.25, 0.3) is 0 Å². The van der Waals surface area contributed by atoms with E-state index in [2.05, 4.69) is 0 Å². The molecule has 3 fully saturated rings. The number of hydrogen-bond donors (Lipinski definition) is 0. The van der Waals surface area contributed by atoms with Crippen LogP contribution in [0, 0.1) is 5.92 Å². The van der Waals surface area contributed by atoms with Crippen molar-refractivity contribution in [3.8, 4) is 0 Å². The van der Waals surface area contributed by atoms with Gasteiger partial charge < -0.3 is 14.2 Å². The van der Waals surface area contributed by atoms with Gasteiger partial charge in [-0.1, -0.05) is 30.3 Å². The summed E-state index contributed by atoms with van der Waals surface area (Å²) in [7, 11) is 0. The Bertz CT molecular complexity index is 301. The van der Waals surface area contributed by atoms with Crippen molar-refractivity contribution in [3.63, 3.8) is 0 Å². The van der Waals surface area contributed by atoms with Gasteiger partial charge in [0.15, 0.2) is 0 Å². The lowest BCUT2D eigenvalue weighted by Crippen LogP contribution is -2.51. The zero-order valence-corrected chi connectivity index (χ0v) is 7.81. The largest absolute Gasteiger partial charge is 0.323 e. The first-order valence-electron chi connectivity index (χ1n) is 4.86. The average molecular weight is 192 g/mol. The van der Waals surface area contributed by atoms with Gasteiger partial charge in [0.1, 0.15) is 0 Å². The highest BCUT2D eigenvalue weighted by Crippen LogP contribution is 2.38. The van der Waals surface area contributed by atoms with Crippen LogP contribution in [0.2, 0.25) is 0 Å². The summed E-state index contributed by atoms with van der Waals surface area (Å²) in [5, 5.41) is 0. The first-order valence-corrected chi connectivity index (χ1v) is 4.86. The minimum absolute atomic E-state index is 0.403. The van der Waals surface area contributed by atoms with Crippen LogP contribution in [-0.2, 0) is 20.2 Å². The van der Waals surface area contributed by atoms with E-state index in [-0.39, 0.29) is 0 Å². The van der Waals surface area contributed by atoms with E-state index in [1.165, 1.54) is 0 Å². The molecule has 74 valence electrons. The highest BCUT2D eigenvalue weighted by molar-refractivity contribution is 5.19. The van der Waals surface area contributed by atoms with Crippen LogP contribution in [0.4, 0.5) is 0 Å². The zero-order chi connectivity index (χ0) is 9.43. The van der Waals surface area contributed by atoms with Crippen LogP contribution in [0.15, 0.2) is 30.3 Å². The van der Waals surface area contributed by atoms with Gasteiger partial charge in [0, 0.05) is 11.5 Å². The number of hydrogen-bond acceptors (Lipinski definition) is 3. The van der Waals surface area contributed by atoms with Gasteiger partial charge in [0.05, 0.1) is 19.8 Å². The Kier molecular flexibility index (Phi) is 1.83. The standard InChI is InChI=1S/C11H12O3/c1-2-4-10(5-3-1)11-12-6-9(7-13-11)8-14-11/h1-5,9H,6-8H2. The number of fused-ring (bicyclic) bond motifs is 3. The Labute approximate surface area is 82.6 Å². The highest BCUT2D eigenvalue weighted by atomic mass is 16.9. The predicted molar refractivity (Wildman–Crippen MR) is 49.5 cm³/mol. The van der Waals surface area contributed by atoms with Crippen LogP contribution < -0.4 is 0 Å². The summed E-state index contributed by atoms with van der Waals surface area (Å²) in [5.41, 5.74) is 0.943. The molecule has 1 aromatic carbocycles. The van der Waals surface area contributed by atoms with Crippen LogP contribution in [0.1, 0.15) is 5.56 Å². The van der Waals surface area contributed by atoms with E-state index in [1.54, 1.807) is 0 Å². The molecule has 3 aliphatic heterocycles. The zero-order valence-electron chi connectivity index (χ0n) is 7.81. The van der Waals surface area contributed by atoms with Crippen molar-refractivity contribution < 1.29 is 14.2 Å². The SMILES string of the molecule is c1ccc(C23OCC(CO2)CO3)cc1. The summed E-state index contributed by atoms with van der Waals surface area (Å²) >= 11 is 0. The smallest absolute Gasteiger partial charge is 0.312 e. The Balaban J connectivity index is 1.96. The molecule has 0 unspecified atom stereocenters. The molecule has 0 aromatic heterocycles. The minimum Gasteiger partial charge on any atom is -0.323 e. The molecule has 0 atom stereocenters. The topological polar surface area (TPSA) is 27.7 Å². The maximum Gasteiger partial charge on any atom is 0.312 e. The lowest BCUT2D eigenvalue weighted by molar-refractivity contribution is -0.460. The van der Waals surface area contributed by atoms with Crippen molar-refractivity contribution in [1.29, 1.82) is 0 Å². The summed E-state index contributed by atoms with van der Waals surface area (Å²) in [6.45, 7) is 2.19. The molecule has 0 radical (unpaired) electrons. The molecule has 0 N–H and O–H groups in total. The molecule has 3 saturated heterocycles. The van der Waals surface area contributed by atoms with Crippen LogP contribution in [0.3, 0.4) is 0 Å². The Morgan fingerprint density at radius 2 is 1.50 bits per heavy atom. The first-order chi connectivity index (χ1) is 6.89. The van der Waals surface area contributed by atoms with Gasteiger partial charge in [-0.2, -0.15) is 0 Å². The molecule has 0 saturated carbocycles. The summed E-state index contributed by atoms with van der Waals surface area (Å²) < 4.78 is 16.8. The molecule has 4 rings (SSSR count). The van der Waals surface area contributed by atoms with E-state index in [0.717, 1.165) is 25.4 Å². The van der Waals surface area contributed by atoms with E-state index >= 15 is 0 Å². The normalized spacial score (nSPS) is 35.9. The third kappa shape index (κ3) is 1.17. The third-order valence-electron chi connectivity index (χ3n) is 2.65. The summed E-state index contributed by atoms with van der Waals surface area (Å²) in [5.74, 6) is -0.517. The van der Waals surface area contributed by atoms with Gasteiger partial charge in [-0.05, 0) is 0 Å². The fraction of sp³-hybridized carbons (Fsp3) is 0.455. The molecule has 3 nitrogen and oxygen atoms in total. The molecule has 0 amide bonds. The summed E-state index contributed by atoms with van der Waals surface area (Å²) in [6.07, 6.45) is 0. The fourth-order valence-corrected chi connectivity index (χ4v) is 1.84. The second kappa shape index (κ2) is 3.05. The fourth-order valence-electron chi connectivity index (χ4n) is 1.84. The molecule has 14 heavy (non-hydrogen) atoms. The van der Waals surface area contributed by atoms with Crippen molar-refractivity contribution in [1.82, 2.24) is 0 Å². The second-order valence-corrected chi connectivity index (χ2v) is 3.72. The van der Waals surface area contributed by atoms with Crippen molar-refractivity contribution in [2.75, 3.05) is 19.8 Å². The van der Waals surface area contributed by atoms with Crippen molar-refractivity contribution >= 4 is 0 Å². The number of rotatable bonds is 1. The number of benzene rings is 1. The molecule has 0 aliphatic carbocycles. The molecule has 3 heteroatoms. The van der Waals surface area contributed by atoms with Crippen molar-refractivity contribution in [2.24, 2.45) is 5.92 Å². The Hall–Kier alpha value is -0.900. The predicted octanol–water partition coefficient (Wildman–Crippen LogP) is 1.49. The van der Waals surface area contributed by atoms with Gasteiger partial charge >= 0.3 is 5.97 Å². The summed E-state index contributed by atoms with van der Waals surface area (Å²) in [4.78, 5) is 0. The maximum absolute atomic E-state index is 5.61. The third-order valence-corrected chi connectivity index (χ3v) is 2.65. The van der Waals surface area contributed by atoms with Gasteiger partial charge in [-0.25, -0.2) is 0 Å². The van der Waals surface area contributed by atoms with Crippen LogP contribution in [0.25, 0.3) is 0 Å². The summed E-state index contributed by atoms with van der Waals surface area (Å²) in [6, 6.07) is 9.81. The first kappa shape index (κ1) is 8.41. The van der Waals surface area contributed by atoms with Gasteiger partial charge in [-0.3, -0.25) is 0 Å². The van der Waals surface area contributed by atoms with Crippen LogP contribution in [0.5, 0.6) is 0 Å². The van der Waals surface area contributed by atoms with Crippen molar-refractivity contribution in [2.45, 2.75) is 5.97 Å². The van der Waals surface area contributed by atoms with E-state index in [0.29, 0.717) is 5.92 Å². The Morgan fingerprint density at radius 3 is 2.07 bits per heavy atom. The van der Waals surface area contributed by atoms with Crippen molar-refractivity contribution in [3.05, 3.63) is 35.9 Å². The monoisotopic (exact) mass is 192 g/mol. The van der Waals surface area contributed by atoms with E-state index < -0.39 is 5.97 Å². The maximum atomic E-state index is 5.61. The minimum atomic E-state index is -0.921. The molecule has 1 aromatic rings. The van der Waals surface area contributed by atoms with Gasteiger partial charge in [-0.15, -0.1) is 0 Å². The van der Waals surface area contributed by atoms with E-state index in [1.807, 2.05) is 30.3 Å². The molecule has 3 aliphatic rings. The number of ether oxygens (including phenoxy) is 3. The lowest BCUT2D eigenvalue weighted by Gasteiger charge is -2.45. The van der Waals surface area contributed by atoms with E-state index in [4.69, 9.17) is 14.2 Å². The molecule has 2 bridgehead atoms. The molecule has 0 spiro atoms. The van der Waals surface area contributed by atoms with Crippen LogP contribution in [-0.4, -0.2) is 19.8 Å². The Morgan fingerprint density at radius 1 is 0.929 bits per heavy atom. The lowest BCUT2D eigenvalue weighted by atomic mass is 10.1. The molecule has 3 heterocycles. The van der Waals surface area contributed by atoms with Crippen LogP contribution >= 0.6 is 0 Å². The average Bonchev–Trinajstić information content (AvgIpc) is 2.33. The van der Waals surface area contributed by atoms with Gasteiger partial charge in [0.2, 0.25) is 0 Å². The highest BCUT2D eigenvalue weighted by Gasteiger charge is 2.46. The van der Waals surface area contributed by atoms with E-state index in [9.17, 15) is 0 Å². The quantitative estimate of drug-likeness (QED) is 0.674.